The maximum Gasteiger partial charge on any atom is 0.322 e. The van der Waals surface area contributed by atoms with Crippen molar-refractivity contribution < 1.29 is 13.7 Å². The lowest BCUT2D eigenvalue weighted by atomic mass is 10.0. The lowest BCUT2D eigenvalue weighted by Crippen LogP contribution is -2.34. The third-order valence-electron chi connectivity index (χ3n) is 4.57. The Balaban J connectivity index is 1.81. The first-order valence-electron chi connectivity index (χ1n) is 8.30. The Morgan fingerprint density at radius 3 is 2.96 bits per heavy atom. The molecule has 2 heterocycles. The second kappa shape index (κ2) is 6.63. The lowest BCUT2D eigenvalue weighted by molar-refractivity contribution is 0.206. The Morgan fingerprint density at radius 2 is 2.25 bits per heavy atom. The van der Waals surface area contributed by atoms with Crippen LogP contribution in [0.4, 0.5) is 14.9 Å². The van der Waals surface area contributed by atoms with Gasteiger partial charge in [-0.15, -0.1) is 0 Å². The molecule has 6 heteroatoms. The number of hydrogen-bond acceptors (Lipinski definition) is 3. The maximum atomic E-state index is 13.7. The number of nitrogens with zero attached hydrogens (tertiary/aromatic N) is 2. The van der Waals surface area contributed by atoms with Crippen molar-refractivity contribution in [3.05, 3.63) is 46.6 Å². The van der Waals surface area contributed by atoms with Crippen LogP contribution in [0.15, 0.2) is 22.7 Å². The van der Waals surface area contributed by atoms with Gasteiger partial charge in [-0.25, -0.2) is 9.18 Å². The molecule has 0 saturated carbocycles. The monoisotopic (exact) mass is 331 g/mol. The van der Waals surface area contributed by atoms with Gasteiger partial charge in [-0.2, -0.15) is 0 Å². The number of anilines is 1. The minimum atomic E-state index is -0.325. The molecule has 2 aromatic rings. The van der Waals surface area contributed by atoms with Crippen LogP contribution in [0.25, 0.3) is 0 Å². The average molecular weight is 331 g/mol. The predicted octanol–water partition coefficient (Wildman–Crippen LogP) is 4.36. The van der Waals surface area contributed by atoms with Gasteiger partial charge < -0.3 is 14.7 Å². The highest BCUT2D eigenvalue weighted by Crippen LogP contribution is 2.36. The third kappa shape index (κ3) is 3.00. The highest BCUT2D eigenvalue weighted by atomic mass is 19.1. The van der Waals surface area contributed by atoms with Crippen molar-refractivity contribution in [2.45, 2.75) is 46.1 Å². The van der Waals surface area contributed by atoms with E-state index in [0.717, 1.165) is 36.3 Å². The summed E-state index contributed by atoms with van der Waals surface area (Å²) in [4.78, 5) is 14.5. The van der Waals surface area contributed by atoms with Crippen molar-refractivity contribution in [1.29, 1.82) is 0 Å². The van der Waals surface area contributed by atoms with Crippen LogP contribution in [0.5, 0.6) is 0 Å². The quantitative estimate of drug-likeness (QED) is 0.909. The zero-order valence-electron chi connectivity index (χ0n) is 14.2. The van der Waals surface area contributed by atoms with Crippen LogP contribution < -0.4 is 5.32 Å². The molecule has 0 bridgehead atoms. The highest BCUT2D eigenvalue weighted by molar-refractivity contribution is 5.89. The maximum absolute atomic E-state index is 13.7. The second-order valence-electron chi connectivity index (χ2n) is 6.20. The Labute approximate surface area is 140 Å². The summed E-state index contributed by atoms with van der Waals surface area (Å²) in [6.07, 6.45) is 2.55. The number of aryl methyl sites for hydroxylation is 3. The molecular formula is C18H22FN3O2. The molecule has 1 aliphatic heterocycles. The van der Waals surface area contributed by atoms with Gasteiger partial charge in [-0.1, -0.05) is 18.1 Å². The number of aromatic nitrogens is 1. The van der Waals surface area contributed by atoms with Gasteiger partial charge in [0.2, 0.25) is 0 Å². The molecule has 1 fully saturated rings. The summed E-state index contributed by atoms with van der Waals surface area (Å²) in [5, 5.41) is 6.84. The van der Waals surface area contributed by atoms with Crippen LogP contribution in [0, 0.1) is 19.7 Å². The van der Waals surface area contributed by atoms with E-state index in [-0.39, 0.29) is 17.9 Å². The van der Waals surface area contributed by atoms with Crippen LogP contribution in [-0.2, 0) is 6.42 Å². The normalized spacial score (nSPS) is 17.3. The topological polar surface area (TPSA) is 58.4 Å². The summed E-state index contributed by atoms with van der Waals surface area (Å²) in [6, 6.07) is 4.46. The number of benzene rings is 1. The van der Waals surface area contributed by atoms with Gasteiger partial charge in [0, 0.05) is 24.2 Å². The Bertz CT molecular complexity index is 757. The highest BCUT2D eigenvalue weighted by Gasteiger charge is 2.34. The number of halogens is 1. The number of amides is 2. The number of likely N-dealkylation sites (tertiary alicyclic amines) is 1. The number of urea groups is 1. The molecule has 1 atom stereocenters. The van der Waals surface area contributed by atoms with Gasteiger partial charge in [0.25, 0.3) is 0 Å². The second-order valence-corrected chi connectivity index (χ2v) is 6.20. The van der Waals surface area contributed by atoms with Crippen molar-refractivity contribution in [3.63, 3.8) is 0 Å². The molecule has 1 N–H and O–H groups in total. The SMILES string of the molecule is CCc1onc(C)c1C1CCCN1C(=O)Nc1ccc(C)c(F)c1. The number of carbonyl (C=O) groups excluding carboxylic acids is 1. The summed E-state index contributed by atoms with van der Waals surface area (Å²) in [7, 11) is 0. The zero-order chi connectivity index (χ0) is 17.3. The Kier molecular flexibility index (Phi) is 4.55. The third-order valence-corrected chi connectivity index (χ3v) is 4.57. The van der Waals surface area contributed by atoms with Gasteiger partial charge in [-0.3, -0.25) is 0 Å². The fourth-order valence-electron chi connectivity index (χ4n) is 3.28. The van der Waals surface area contributed by atoms with Crippen LogP contribution in [0.1, 0.15) is 48.4 Å². The molecule has 1 aromatic heterocycles. The zero-order valence-corrected chi connectivity index (χ0v) is 14.2. The van der Waals surface area contributed by atoms with Crippen molar-refractivity contribution in [1.82, 2.24) is 10.1 Å². The molecule has 24 heavy (non-hydrogen) atoms. The largest absolute Gasteiger partial charge is 0.361 e. The first-order valence-corrected chi connectivity index (χ1v) is 8.30. The van der Waals surface area contributed by atoms with E-state index in [9.17, 15) is 9.18 Å². The van der Waals surface area contributed by atoms with Crippen LogP contribution in [0.2, 0.25) is 0 Å². The number of hydrogen-bond donors (Lipinski definition) is 1. The van der Waals surface area contributed by atoms with E-state index in [4.69, 9.17) is 4.52 Å². The molecule has 2 amide bonds. The molecule has 1 saturated heterocycles. The molecule has 1 unspecified atom stereocenters. The van der Waals surface area contributed by atoms with E-state index in [1.54, 1.807) is 24.0 Å². The van der Waals surface area contributed by atoms with E-state index in [2.05, 4.69) is 10.5 Å². The fourth-order valence-corrected chi connectivity index (χ4v) is 3.28. The average Bonchev–Trinajstić information content (AvgIpc) is 3.16. The van der Waals surface area contributed by atoms with Gasteiger partial charge in [0.15, 0.2) is 0 Å². The number of carbonyl (C=O) groups is 1. The minimum absolute atomic E-state index is 0.0403. The minimum Gasteiger partial charge on any atom is -0.361 e. The number of nitrogens with one attached hydrogen (secondary N) is 1. The smallest absolute Gasteiger partial charge is 0.322 e. The Hall–Kier alpha value is -2.37. The molecule has 5 nitrogen and oxygen atoms in total. The standard InChI is InChI=1S/C18H22FN3O2/c1-4-16-17(12(3)21-24-16)15-6-5-9-22(15)18(23)20-13-8-7-11(2)14(19)10-13/h7-8,10,15H,4-6,9H2,1-3H3,(H,20,23). The lowest BCUT2D eigenvalue weighted by Gasteiger charge is -2.25. The Morgan fingerprint density at radius 1 is 1.46 bits per heavy atom. The summed E-state index contributed by atoms with van der Waals surface area (Å²) in [5.74, 6) is 0.507. The first-order chi connectivity index (χ1) is 11.5. The van der Waals surface area contributed by atoms with Crippen molar-refractivity contribution in [2.75, 3.05) is 11.9 Å². The van der Waals surface area contributed by atoms with Crippen LogP contribution in [-0.4, -0.2) is 22.6 Å². The van der Waals surface area contributed by atoms with E-state index >= 15 is 0 Å². The van der Waals surface area contributed by atoms with Crippen molar-refractivity contribution in [2.24, 2.45) is 0 Å². The van der Waals surface area contributed by atoms with E-state index in [1.165, 1.54) is 6.07 Å². The molecule has 0 radical (unpaired) electrons. The van der Waals surface area contributed by atoms with Gasteiger partial charge >= 0.3 is 6.03 Å². The van der Waals surface area contributed by atoms with Crippen molar-refractivity contribution in [3.8, 4) is 0 Å². The molecule has 1 aliphatic rings. The van der Waals surface area contributed by atoms with Gasteiger partial charge in [0.1, 0.15) is 11.6 Å². The van der Waals surface area contributed by atoms with Crippen molar-refractivity contribution >= 4 is 11.7 Å². The van der Waals surface area contributed by atoms with E-state index in [0.29, 0.717) is 17.8 Å². The predicted molar refractivity (Wildman–Crippen MR) is 89.5 cm³/mol. The van der Waals surface area contributed by atoms with Crippen LogP contribution in [0.3, 0.4) is 0 Å². The fraction of sp³-hybridized carbons (Fsp3) is 0.444. The first kappa shape index (κ1) is 16.5. The summed E-state index contributed by atoms with van der Waals surface area (Å²) >= 11 is 0. The van der Waals surface area contributed by atoms with E-state index < -0.39 is 0 Å². The van der Waals surface area contributed by atoms with Gasteiger partial charge in [-0.05, 0) is 44.4 Å². The summed E-state index contributed by atoms with van der Waals surface area (Å²) in [5.41, 5.74) is 2.87. The molecule has 1 aromatic carbocycles. The molecule has 3 rings (SSSR count). The molecule has 128 valence electrons. The van der Waals surface area contributed by atoms with E-state index in [1.807, 2.05) is 13.8 Å². The summed E-state index contributed by atoms with van der Waals surface area (Å²) < 4.78 is 19.0. The van der Waals surface area contributed by atoms with Crippen LogP contribution >= 0.6 is 0 Å². The molecular weight excluding hydrogens is 309 g/mol. The summed E-state index contributed by atoms with van der Waals surface area (Å²) in [6.45, 7) is 6.27. The van der Waals surface area contributed by atoms with Gasteiger partial charge in [0.05, 0.1) is 11.7 Å². The molecule has 0 spiro atoms. The number of rotatable bonds is 3. The molecule has 0 aliphatic carbocycles.